The van der Waals surface area contributed by atoms with Gasteiger partial charge >= 0.3 is 0 Å². The van der Waals surface area contributed by atoms with Crippen molar-refractivity contribution in [3.8, 4) is 28.3 Å². The van der Waals surface area contributed by atoms with Crippen LogP contribution in [0.2, 0.25) is 5.02 Å². The van der Waals surface area contributed by atoms with Crippen LogP contribution in [-0.4, -0.2) is 15.6 Å². The number of benzene rings is 3. The highest BCUT2D eigenvalue weighted by atomic mass is 35.5. The number of hydrogen-bond donors (Lipinski definition) is 0. The summed E-state index contributed by atoms with van der Waals surface area (Å²) in [5, 5.41) is 5.04. The molecule has 5 rings (SSSR count). The lowest BCUT2D eigenvalue weighted by Gasteiger charge is -2.07. The first-order valence-electron chi connectivity index (χ1n) is 9.80. The number of carbonyl (C=O) groups excluding carboxylic acids is 1. The Morgan fingerprint density at radius 3 is 2.06 bits per heavy atom. The van der Waals surface area contributed by atoms with E-state index in [1.165, 1.54) is 0 Å². The monoisotopic (exact) mass is 424 g/mol. The Morgan fingerprint density at radius 1 is 0.774 bits per heavy atom. The molecule has 0 aliphatic carbocycles. The lowest BCUT2D eigenvalue weighted by molar-refractivity contribution is 0.103. The Hall–Kier alpha value is -3.89. The second-order valence-corrected chi connectivity index (χ2v) is 7.44. The first-order chi connectivity index (χ1) is 15.2. The van der Waals surface area contributed by atoms with E-state index in [1.54, 1.807) is 41.3 Å². The van der Waals surface area contributed by atoms with Crippen LogP contribution in [-0.2, 0) is 0 Å². The molecule has 0 unspecified atom stereocenters. The third-order valence-corrected chi connectivity index (χ3v) is 5.27. The molecule has 0 radical (unpaired) electrons. The topological polar surface area (TPSA) is 48.0 Å². The number of nitrogens with zero attached hydrogens (tertiary/aromatic N) is 2. The van der Waals surface area contributed by atoms with Gasteiger partial charge < -0.3 is 4.42 Å². The molecule has 5 heteroatoms. The van der Waals surface area contributed by atoms with Gasteiger partial charge in [0.25, 0.3) is 0 Å². The van der Waals surface area contributed by atoms with E-state index in [-0.39, 0.29) is 5.78 Å². The van der Waals surface area contributed by atoms with Crippen molar-refractivity contribution in [2.24, 2.45) is 0 Å². The van der Waals surface area contributed by atoms with Crippen LogP contribution < -0.4 is 0 Å². The summed E-state index contributed by atoms with van der Waals surface area (Å²) >= 11 is 6.10. The highest BCUT2D eigenvalue weighted by molar-refractivity contribution is 6.30. The molecule has 4 nitrogen and oxygen atoms in total. The largest absolute Gasteiger partial charge is 0.453 e. The highest BCUT2D eigenvalue weighted by Crippen LogP contribution is 2.40. The minimum atomic E-state index is -0.131. The summed E-state index contributed by atoms with van der Waals surface area (Å²) in [7, 11) is 0. The standard InChI is InChI=1S/C26H17ClN2O2/c27-21-14-12-20(13-15-21)26-23(29-17-7-16-28-29)22(24(30)18-8-3-1-4-9-18)25(31-26)19-10-5-2-6-11-19/h1-17H. The molecule has 0 amide bonds. The van der Waals surface area contributed by atoms with E-state index in [1.807, 2.05) is 66.7 Å². The minimum absolute atomic E-state index is 0.131. The summed E-state index contributed by atoms with van der Waals surface area (Å²) in [6, 6.07) is 28.0. The molecule has 5 aromatic rings. The number of furan rings is 1. The average Bonchev–Trinajstić information content (AvgIpc) is 3.48. The number of rotatable bonds is 5. The fourth-order valence-electron chi connectivity index (χ4n) is 3.58. The summed E-state index contributed by atoms with van der Waals surface area (Å²) in [6.45, 7) is 0. The summed E-state index contributed by atoms with van der Waals surface area (Å²) < 4.78 is 8.08. The van der Waals surface area contributed by atoms with Gasteiger partial charge in [0.15, 0.2) is 11.5 Å². The van der Waals surface area contributed by atoms with E-state index in [0.29, 0.717) is 33.4 Å². The molecular weight excluding hydrogens is 408 g/mol. The summed E-state index contributed by atoms with van der Waals surface area (Å²) in [5.41, 5.74) is 3.26. The average molecular weight is 425 g/mol. The second-order valence-electron chi connectivity index (χ2n) is 7.00. The molecule has 2 aromatic heterocycles. The van der Waals surface area contributed by atoms with Crippen molar-refractivity contribution >= 4 is 17.4 Å². The summed E-state index contributed by atoms with van der Waals surface area (Å²) in [5.74, 6) is 0.928. The van der Waals surface area contributed by atoms with Gasteiger partial charge in [-0.25, -0.2) is 4.68 Å². The quantitative estimate of drug-likeness (QED) is 0.295. The van der Waals surface area contributed by atoms with Gasteiger partial charge in [0.05, 0.1) is 5.56 Å². The predicted octanol–water partition coefficient (Wildman–Crippen LogP) is 6.68. The first kappa shape index (κ1) is 19.1. The number of halogens is 1. The smallest absolute Gasteiger partial charge is 0.199 e. The molecule has 0 N–H and O–H groups in total. The predicted molar refractivity (Wildman–Crippen MR) is 122 cm³/mol. The van der Waals surface area contributed by atoms with Crippen molar-refractivity contribution in [2.75, 3.05) is 0 Å². The molecule has 150 valence electrons. The molecule has 0 fully saturated rings. The Labute approximate surface area is 184 Å². The molecule has 3 aromatic carbocycles. The SMILES string of the molecule is O=C(c1ccccc1)c1c(-c2ccccc2)oc(-c2ccc(Cl)cc2)c1-n1cccn1. The van der Waals surface area contributed by atoms with E-state index >= 15 is 0 Å². The number of ketones is 1. The lowest BCUT2D eigenvalue weighted by Crippen LogP contribution is -2.07. The molecule has 0 bridgehead atoms. The van der Waals surface area contributed by atoms with Crippen molar-refractivity contribution in [1.82, 2.24) is 9.78 Å². The Balaban J connectivity index is 1.84. The van der Waals surface area contributed by atoms with Crippen molar-refractivity contribution in [3.05, 3.63) is 120 Å². The normalized spacial score (nSPS) is 10.9. The van der Waals surface area contributed by atoms with Crippen molar-refractivity contribution in [1.29, 1.82) is 0 Å². The third kappa shape index (κ3) is 3.58. The van der Waals surface area contributed by atoms with E-state index in [2.05, 4.69) is 5.10 Å². The molecule has 0 aliphatic heterocycles. The Kier molecular flexibility index (Phi) is 4.98. The fraction of sp³-hybridized carbons (Fsp3) is 0. The van der Waals surface area contributed by atoms with Crippen LogP contribution in [0, 0.1) is 0 Å². The van der Waals surface area contributed by atoms with Gasteiger partial charge in [-0.15, -0.1) is 0 Å². The van der Waals surface area contributed by atoms with Gasteiger partial charge in [0.1, 0.15) is 11.4 Å². The molecule has 2 heterocycles. The molecule has 0 atom stereocenters. The maximum absolute atomic E-state index is 13.7. The van der Waals surface area contributed by atoms with Crippen LogP contribution in [0.25, 0.3) is 28.3 Å². The van der Waals surface area contributed by atoms with Crippen LogP contribution in [0.15, 0.2) is 108 Å². The van der Waals surface area contributed by atoms with Gasteiger partial charge in [-0.1, -0.05) is 72.3 Å². The molecular formula is C26H17ClN2O2. The maximum atomic E-state index is 13.7. The molecule has 0 spiro atoms. The van der Waals surface area contributed by atoms with Crippen LogP contribution in [0.1, 0.15) is 15.9 Å². The first-order valence-corrected chi connectivity index (χ1v) is 10.2. The van der Waals surface area contributed by atoms with Gasteiger partial charge in [0, 0.05) is 34.1 Å². The lowest BCUT2D eigenvalue weighted by atomic mass is 9.98. The van der Waals surface area contributed by atoms with E-state index in [0.717, 1.165) is 11.1 Å². The number of carbonyl (C=O) groups is 1. The maximum Gasteiger partial charge on any atom is 0.199 e. The van der Waals surface area contributed by atoms with Crippen LogP contribution in [0.3, 0.4) is 0 Å². The number of hydrogen-bond acceptors (Lipinski definition) is 3. The Bertz CT molecular complexity index is 1320. The van der Waals surface area contributed by atoms with Crippen LogP contribution >= 0.6 is 11.6 Å². The van der Waals surface area contributed by atoms with Crippen molar-refractivity contribution in [2.45, 2.75) is 0 Å². The summed E-state index contributed by atoms with van der Waals surface area (Å²) in [6.07, 6.45) is 3.48. The van der Waals surface area contributed by atoms with E-state index in [4.69, 9.17) is 16.0 Å². The van der Waals surface area contributed by atoms with Crippen molar-refractivity contribution < 1.29 is 9.21 Å². The molecule has 0 aliphatic rings. The van der Waals surface area contributed by atoms with Gasteiger partial charge in [-0.05, 0) is 30.3 Å². The zero-order valence-electron chi connectivity index (χ0n) is 16.4. The van der Waals surface area contributed by atoms with Crippen LogP contribution in [0.5, 0.6) is 0 Å². The molecule has 0 saturated carbocycles. The zero-order valence-corrected chi connectivity index (χ0v) is 17.2. The minimum Gasteiger partial charge on any atom is -0.453 e. The summed E-state index contributed by atoms with van der Waals surface area (Å²) in [4.78, 5) is 13.7. The highest BCUT2D eigenvalue weighted by Gasteiger charge is 2.29. The van der Waals surface area contributed by atoms with Crippen molar-refractivity contribution in [3.63, 3.8) is 0 Å². The Morgan fingerprint density at radius 2 is 1.42 bits per heavy atom. The zero-order chi connectivity index (χ0) is 21.2. The second kappa shape index (κ2) is 8.09. The third-order valence-electron chi connectivity index (χ3n) is 5.02. The van der Waals surface area contributed by atoms with E-state index in [9.17, 15) is 4.79 Å². The molecule has 0 saturated heterocycles. The molecule has 31 heavy (non-hydrogen) atoms. The van der Waals surface area contributed by atoms with Crippen LogP contribution in [0.4, 0.5) is 0 Å². The fourth-order valence-corrected chi connectivity index (χ4v) is 3.70. The van der Waals surface area contributed by atoms with E-state index < -0.39 is 0 Å². The van der Waals surface area contributed by atoms with Gasteiger partial charge in [0.2, 0.25) is 0 Å². The van der Waals surface area contributed by atoms with Gasteiger partial charge in [-0.2, -0.15) is 5.10 Å². The van der Waals surface area contributed by atoms with Gasteiger partial charge in [-0.3, -0.25) is 4.79 Å². The number of aromatic nitrogens is 2.